The first-order valence-electron chi connectivity index (χ1n) is 9.23. The van der Waals surface area contributed by atoms with Gasteiger partial charge in [0.15, 0.2) is 0 Å². The highest BCUT2D eigenvalue weighted by Gasteiger charge is 2.23. The standard InChI is InChI=1S/C21H26FNO4S/c1-5-16(4)23(21(24)19-8-6-7-9-20(19)22)14-17-10-12-18(13-11-17)27-28(25,26)15(2)3/h6-13,15-16H,5,14H2,1-4H3. The summed E-state index contributed by atoms with van der Waals surface area (Å²) in [4.78, 5) is 14.5. The molecule has 152 valence electrons. The second-order valence-corrected chi connectivity index (χ2v) is 9.03. The number of rotatable bonds is 8. The van der Waals surface area contributed by atoms with Crippen molar-refractivity contribution in [1.82, 2.24) is 4.90 Å². The fraction of sp³-hybridized carbons (Fsp3) is 0.381. The van der Waals surface area contributed by atoms with Gasteiger partial charge in [-0.3, -0.25) is 4.79 Å². The largest absolute Gasteiger partial charge is 0.382 e. The number of benzene rings is 2. The van der Waals surface area contributed by atoms with Gasteiger partial charge in [-0.05, 0) is 57.0 Å². The smallest absolute Gasteiger partial charge is 0.311 e. The molecule has 0 bridgehead atoms. The molecule has 1 unspecified atom stereocenters. The van der Waals surface area contributed by atoms with E-state index >= 15 is 0 Å². The molecule has 0 saturated carbocycles. The lowest BCUT2D eigenvalue weighted by atomic mass is 10.1. The Morgan fingerprint density at radius 2 is 1.68 bits per heavy atom. The van der Waals surface area contributed by atoms with Crippen molar-refractivity contribution in [3.8, 4) is 5.75 Å². The van der Waals surface area contributed by atoms with Gasteiger partial charge in [-0.1, -0.05) is 31.2 Å². The van der Waals surface area contributed by atoms with Gasteiger partial charge in [0.2, 0.25) is 0 Å². The molecule has 2 rings (SSSR count). The van der Waals surface area contributed by atoms with Crippen molar-refractivity contribution in [2.45, 2.75) is 52.0 Å². The molecule has 0 aliphatic carbocycles. The fourth-order valence-corrected chi connectivity index (χ4v) is 3.09. The summed E-state index contributed by atoms with van der Waals surface area (Å²) in [6.45, 7) is 7.23. The molecule has 0 aliphatic rings. The molecule has 5 nitrogen and oxygen atoms in total. The number of hydrogen-bond acceptors (Lipinski definition) is 4. The molecular formula is C21H26FNO4S. The number of carbonyl (C=O) groups is 1. The summed E-state index contributed by atoms with van der Waals surface area (Å²) >= 11 is 0. The molecule has 0 fully saturated rings. The molecule has 28 heavy (non-hydrogen) atoms. The van der Waals surface area contributed by atoms with Crippen LogP contribution >= 0.6 is 0 Å². The molecule has 2 aromatic rings. The quantitative estimate of drug-likeness (QED) is 0.609. The maximum Gasteiger partial charge on any atom is 0.311 e. The van der Waals surface area contributed by atoms with E-state index in [-0.39, 0.29) is 29.8 Å². The molecule has 7 heteroatoms. The summed E-state index contributed by atoms with van der Waals surface area (Å²) in [5.74, 6) is -0.716. The van der Waals surface area contributed by atoms with Crippen molar-refractivity contribution in [3.05, 3.63) is 65.5 Å². The van der Waals surface area contributed by atoms with Crippen LogP contribution in [-0.2, 0) is 16.7 Å². The number of amides is 1. The molecule has 0 radical (unpaired) electrons. The van der Waals surface area contributed by atoms with E-state index in [9.17, 15) is 17.6 Å². The Labute approximate surface area is 166 Å². The van der Waals surface area contributed by atoms with E-state index in [1.807, 2.05) is 13.8 Å². The van der Waals surface area contributed by atoms with Crippen LogP contribution in [0.1, 0.15) is 50.0 Å². The van der Waals surface area contributed by atoms with Gasteiger partial charge in [0, 0.05) is 12.6 Å². The molecular weight excluding hydrogens is 381 g/mol. The average Bonchev–Trinajstić information content (AvgIpc) is 2.66. The van der Waals surface area contributed by atoms with E-state index in [0.29, 0.717) is 6.42 Å². The molecule has 0 N–H and O–H groups in total. The number of hydrogen-bond donors (Lipinski definition) is 0. The summed E-state index contributed by atoms with van der Waals surface area (Å²) in [5.41, 5.74) is 0.824. The molecule has 1 atom stereocenters. The highest BCUT2D eigenvalue weighted by atomic mass is 32.2. The van der Waals surface area contributed by atoms with Gasteiger partial charge in [-0.15, -0.1) is 0 Å². The minimum Gasteiger partial charge on any atom is -0.382 e. The summed E-state index contributed by atoms with van der Waals surface area (Å²) in [7, 11) is -3.66. The lowest BCUT2D eigenvalue weighted by Gasteiger charge is -2.29. The van der Waals surface area contributed by atoms with E-state index in [2.05, 4.69) is 0 Å². The summed E-state index contributed by atoms with van der Waals surface area (Å²) in [6, 6.07) is 12.3. The first kappa shape index (κ1) is 21.9. The van der Waals surface area contributed by atoms with Crippen LogP contribution in [0, 0.1) is 5.82 Å². The molecule has 1 amide bonds. The van der Waals surface area contributed by atoms with Gasteiger partial charge in [0.05, 0.1) is 10.8 Å². The zero-order chi connectivity index (χ0) is 20.9. The lowest BCUT2D eigenvalue weighted by molar-refractivity contribution is 0.0666. The third-order valence-corrected chi connectivity index (χ3v) is 6.13. The van der Waals surface area contributed by atoms with Crippen LogP contribution in [0.4, 0.5) is 4.39 Å². The van der Waals surface area contributed by atoms with Crippen molar-refractivity contribution in [1.29, 1.82) is 0 Å². The first-order chi connectivity index (χ1) is 13.2. The van der Waals surface area contributed by atoms with Crippen LogP contribution in [0.15, 0.2) is 48.5 Å². The summed E-state index contributed by atoms with van der Waals surface area (Å²) in [6.07, 6.45) is 0.716. The summed E-state index contributed by atoms with van der Waals surface area (Å²) < 4.78 is 42.8. The minimum absolute atomic E-state index is 0.0331. The van der Waals surface area contributed by atoms with Crippen molar-refractivity contribution in [2.75, 3.05) is 0 Å². The van der Waals surface area contributed by atoms with Crippen LogP contribution in [0.3, 0.4) is 0 Å². The zero-order valence-electron chi connectivity index (χ0n) is 16.6. The van der Waals surface area contributed by atoms with Crippen molar-refractivity contribution in [3.63, 3.8) is 0 Å². The highest BCUT2D eigenvalue weighted by Crippen LogP contribution is 2.20. The normalized spacial score (nSPS) is 12.6. The predicted octanol–water partition coefficient (Wildman–Crippen LogP) is 4.38. The van der Waals surface area contributed by atoms with Crippen molar-refractivity contribution < 1.29 is 21.8 Å². The van der Waals surface area contributed by atoms with E-state index in [4.69, 9.17) is 4.18 Å². The molecule has 0 spiro atoms. The van der Waals surface area contributed by atoms with Crippen LogP contribution in [0.25, 0.3) is 0 Å². The van der Waals surface area contributed by atoms with Crippen LogP contribution < -0.4 is 4.18 Å². The maximum atomic E-state index is 14.1. The Morgan fingerprint density at radius 3 is 2.21 bits per heavy atom. The minimum atomic E-state index is -3.66. The Bertz CT molecular complexity index is 910. The first-order valence-corrected chi connectivity index (χ1v) is 10.7. The number of halogens is 1. The van der Waals surface area contributed by atoms with Crippen LogP contribution in [0.5, 0.6) is 5.75 Å². The second-order valence-electron chi connectivity index (χ2n) is 6.94. The average molecular weight is 408 g/mol. The third-order valence-electron chi connectivity index (χ3n) is 4.55. The third kappa shape index (κ3) is 5.32. The number of nitrogens with zero attached hydrogens (tertiary/aromatic N) is 1. The van der Waals surface area contributed by atoms with Gasteiger partial charge in [-0.25, -0.2) is 4.39 Å². The highest BCUT2D eigenvalue weighted by molar-refractivity contribution is 7.87. The van der Waals surface area contributed by atoms with Crippen molar-refractivity contribution in [2.24, 2.45) is 0 Å². The zero-order valence-corrected chi connectivity index (χ0v) is 17.4. The Balaban J connectivity index is 2.21. The Hall–Kier alpha value is -2.41. The lowest BCUT2D eigenvalue weighted by Crippen LogP contribution is -2.38. The molecule has 0 heterocycles. The predicted molar refractivity (Wildman–Crippen MR) is 107 cm³/mol. The van der Waals surface area contributed by atoms with E-state index in [1.54, 1.807) is 55.1 Å². The topological polar surface area (TPSA) is 63.7 Å². The Kier molecular flexibility index (Phi) is 7.18. The maximum absolute atomic E-state index is 14.1. The summed E-state index contributed by atoms with van der Waals surface area (Å²) in [5, 5.41) is -0.647. The van der Waals surface area contributed by atoms with E-state index in [1.165, 1.54) is 12.1 Å². The van der Waals surface area contributed by atoms with Gasteiger partial charge in [-0.2, -0.15) is 8.42 Å². The SMILES string of the molecule is CCC(C)N(Cc1ccc(OS(=O)(=O)C(C)C)cc1)C(=O)c1ccccc1F. The second kappa shape index (κ2) is 9.19. The van der Waals surface area contributed by atoms with E-state index < -0.39 is 21.2 Å². The molecule has 2 aromatic carbocycles. The molecule has 0 aliphatic heterocycles. The van der Waals surface area contributed by atoms with E-state index in [0.717, 1.165) is 5.56 Å². The molecule has 0 saturated heterocycles. The van der Waals surface area contributed by atoms with Gasteiger partial charge < -0.3 is 9.08 Å². The van der Waals surface area contributed by atoms with Crippen molar-refractivity contribution >= 4 is 16.0 Å². The monoisotopic (exact) mass is 407 g/mol. The van der Waals surface area contributed by atoms with Gasteiger partial charge in [0.1, 0.15) is 11.6 Å². The fourth-order valence-electron chi connectivity index (χ4n) is 2.52. The van der Waals surface area contributed by atoms with Gasteiger partial charge >= 0.3 is 10.1 Å². The number of carbonyl (C=O) groups excluding carboxylic acids is 1. The van der Waals surface area contributed by atoms with Crippen LogP contribution in [0.2, 0.25) is 0 Å². The van der Waals surface area contributed by atoms with Gasteiger partial charge in [0.25, 0.3) is 5.91 Å². The Morgan fingerprint density at radius 1 is 1.07 bits per heavy atom. The van der Waals surface area contributed by atoms with Crippen LogP contribution in [-0.4, -0.2) is 30.5 Å². The molecule has 0 aromatic heterocycles.